The summed E-state index contributed by atoms with van der Waals surface area (Å²) in [6.07, 6.45) is 0. The molecule has 1 amide bonds. The molecule has 2 aromatic carbocycles. The molecule has 3 rings (SSSR count). The molecule has 1 fully saturated rings. The second kappa shape index (κ2) is 9.59. The molecule has 0 bridgehead atoms. The van der Waals surface area contributed by atoms with Gasteiger partial charge in [0.1, 0.15) is 0 Å². The van der Waals surface area contributed by atoms with Gasteiger partial charge in [-0.15, -0.1) is 0 Å². The molecule has 1 aliphatic heterocycles. The molecule has 1 heterocycles. The minimum absolute atomic E-state index is 0.198. The van der Waals surface area contributed by atoms with E-state index >= 15 is 0 Å². The number of benzene rings is 2. The summed E-state index contributed by atoms with van der Waals surface area (Å²) in [6, 6.07) is 11.7. The Bertz CT molecular complexity index is 780. The van der Waals surface area contributed by atoms with Gasteiger partial charge < -0.3 is 24.4 Å². The van der Waals surface area contributed by atoms with Crippen molar-refractivity contribution in [1.82, 2.24) is 5.32 Å². The fourth-order valence-electron chi connectivity index (χ4n) is 3.14. The molecule has 7 heteroatoms. The summed E-state index contributed by atoms with van der Waals surface area (Å²) in [7, 11) is 4.59. The molecular formula is C21H26N2O4S. The SMILES string of the molecule is COc1cc(C(=O)NCc2ccc(N3CCSCC3)cc2)cc(OC)c1OC. The lowest BCUT2D eigenvalue weighted by Crippen LogP contribution is -2.32. The van der Waals surface area contributed by atoms with Crippen LogP contribution in [0.25, 0.3) is 0 Å². The Morgan fingerprint density at radius 3 is 2.14 bits per heavy atom. The quantitative estimate of drug-likeness (QED) is 0.768. The van der Waals surface area contributed by atoms with E-state index < -0.39 is 0 Å². The van der Waals surface area contributed by atoms with Crippen LogP contribution in [0.4, 0.5) is 5.69 Å². The van der Waals surface area contributed by atoms with Gasteiger partial charge in [0.15, 0.2) is 11.5 Å². The number of nitrogens with zero attached hydrogens (tertiary/aromatic N) is 1. The Kier molecular flexibility index (Phi) is 6.92. The molecule has 2 aromatic rings. The van der Waals surface area contributed by atoms with Crippen LogP contribution in [0.5, 0.6) is 17.2 Å². The average molecular weight is 403 g/mol. The number of nitrogens with one attached hydrogen (secondary N) is 1. The first-order valence-electron chi connectivity index (χ1n) is 9.16. The lowest BCUT2D eigenvalue weighted by molar-refractivity contribution is 0.0950. The summed E-state index contributed by atoms with van der Waals surface area (Å²) in [6.45, 7) is 2.62. The van der Waals surface area contributed by atoms with Crippen molar-refractivity contribution in [3.8, 4) is 17.2 Å². The van der Waals surface area contributed by atoms with Crippen LogP contribution in [0.3, 0.4) is 0 Å². The number of ether oxygens (including phenoxy) is 3. The predicted molar refractivity (Wildman–Crippen MR) is 113 cm³/mol. The van der Waals surface area contributed by atoms with Crippen molar-refractivity contribution in [1.29, 1.82) is 0 Å². The van der Waals surface area contributed by atoms with Gasteiger partial charge in [0, 0.05) is 42.4 Å². The molecule has 0 aliphatic carbocycles. The Hall–Kier alpha value is -2.54. The van der Waals surface area contributed by atoms with Gasteiger partial charge in [0.25, 0.3) is 5.91 Å². The molecule has 0 radical (unpaired) electrons. The minimum atomic E-state index is -0.198. The van der Waals surface area contributed by atoms with E-state index in [1.165, 1.54) is 38.5 Å². The van der Waals surface area contributed by atoms with E-state index in [4.69, 9.17) is 14.2 Å². The fourth-order valence-corrected chi connectivity index (χ4v) is 4.05. The molecule has 28 heavy (non-hydrogen) atoms. The van der Waals surface area contributed by atoms with Crippen LogP contribution in [0, 0.1) is 0 Å². The Labute approximate surface area is 170 Å². The van der Waals surface area contributed by atoms with Gasteiger partial charge in [-0.3, -0.25) is 4.79 Å². The molecule has 150 valence electrons. The van der Waals surface area contributed by atoms with Gasteiger partial charge in [-0.25, -0.2) is 0 Å². The second-order valence-corrected chi connectivity index (χ2v) is 7.59. The van der Waals surface area contributed by atoms with Gasteiger partial charge in [-0.2, -0.15) is 11.8 Å². The summed E-state index contributed by atoms with van der Waals surface area (Å²) >= 11 is 2.00. The zero-order valence-electron chi connectivity index (χ0n) is 16.5. The topological polar surface area (TPSA) is 60.0 Å². The smallest absolute Gasteiger partial charge is 0.251 e. The highest BCUT2D eigenvalue weighted by Gasteiger charge is 2.17. The van der Waals surface area contributed by atoms with E-state index in [1.54, 1.807) is 12.1 Å². The molecule has 0 unspecified atom stereocenters. The number of methoxy groups -OCH3 is 3. The summed E-state index contributed by atoms with van der Waals surface area (Å²) in [5.41, 5.74) is 2.74. The molecular weight excluding hydrogens is 376 g/mol. The monoisotopic (exact) mass is 402 g/mol. The van der Waals surface area contributed by atoms with Crippen molar-refractivity contribution < 1.29 is 19.0 Å². The number of anilines is 1. The first-order valence-corrected chi connectivity index (χ1v) is 10.3. The van der Waals surface area contributed by atoms with E-state index in [9.17, 15) is 4.79 Å². The van der Waals surface area contributed by atoms with E-state index in [-0.39, 0.29) is 5.91 Å². The highest BCUT2D eigenvalue weighted by atomic mass is 32.2. The van der Waals surface area contributed by atoms with Crippen molar-refractivity contribution in [3.05, 3.63) is 47.5 Å². The zero-order chi connectivity index (χ0) is 19.9. The van der Waals surface area contributed by atoms with Crippen molar-refractivity contribution in [2.75, 3.05) is 50.8 Å². The molecule has 1 saturated heterocycles. The van der Waals surface area contributed by atoms with Crippen LogP contribution in [0.15, 0.2) is 36.4 Å². The molecule has 0 atom stereocenters. The van der Waals surface area contributed by atoms with Gasteiger partial charge in [0.2, 0.25) is 5.75 Å². The lowest BCUT2D eigenvalue weighted by Gasteiger charge is -2.28. The first kappa shape index (κ1) is 20.2. The van der Waals surface area contributed by atoms with Gasteiger partial charge in [-0.05, 0) is 29.8 Å². The van der Waals surface area contributed by atoms with Gasteiger partial charge >= 0.3 is 0 Å². The Balaban J connectivity index is 1.65. The Morgan fingerprint density at radius 1 is 1.00 bits per heavy atom. The van der Waals surface area contributed by atoms with Gasteiger partial charge in [-0.1, -0.05) is 12.1 Å². The summed E-state index contributed by atoms with van der Waals surface area (Å²) < 4.78 is 15.9. The third kappa shape index (κ3) is 4.65. The molecule has 1 N–H and O–H groups in total. The summed E-state index contributed by atoms with van der Waals surface area (Å²) in [5, 5.41) is 2.95. The fraction of sp³-hybridized carbons (Fsp3) is 0.381. The maximum atomic E-state index is 12.6. The van der Waals surface area contributed by atoms with Gasteiger partial charge in [0.05, 0.1) is 21.3 Å². The van der Waals surface area contributed by atoms with Crippen LogP contribution >= 0.6 is 11.8 Å². The number of amides is 1. The summed E-state index contributed by atoms with van der Waals surface area (Å²) in [5.74, 6) is 3.52. The van der Waals surface area contributed by atoms with E-state index in [2.05, 4.69) is 34.5 Å². The zero-order valence-corrected chi connectivity index (χ0v) is 17.3. The number of rotatable bonds is 7. The number of thioether (sulfide) groups is 1. The van der Waals surface area contributed by atoms with Crippen molar-refractivity contribution in [3.63, 3.8) is 0 Å². The summed E-state index contributed by atoms with van der Waals surface area (Å²) in [4.78, 5) is 15.0. The van der Waals surface area contributed by atoms with Crippen LogP contribution in [-0.4, -0.2) is 51.8 Å². The minimum Gasteiger partial charge on any atom is -0.493 e. The first-order chi connectivity index (χ1) is 13.7. The highest BCUT2D eigenvalue weighted by Crippen LogP contribution is 2.38. The lowest BCUT2D eigenvalue weighted by atomic mass is 10.1. The van der Waals surface area contributed by atoms with Crippen LogP contribution < -0.4 is 24.4 Å². The third-order valence-corrected chi connectivity index (χ3v) is 5.64. The van der Waals surface area contributed by atoms with Crippen LogP contribution in [0.1, 0.15) is 15.9 Å². The van der Waals surface area contributed by atoms with Crippen molar-refractivity contribution in [2.24, 2.45) is 0 Å². The molecule has 0 aromatic heterocycles. The second-order valence-electron chi connectivity index (χ2n) is 6.36. The number of carbonyl (C=O) groups excluding carboxylic acids is 1. The Morgan fingerprint density at radius 2 is 1.61 bits per heavy atom. The van der Waals surface area contributed by atoms with E-state index in [0.29, 0.717) is 29.4 Å². The van der Waals surface area contributed by atoms with Crippen LogP contribution in [-0.2, 0) is 6.54 Å². The molecule has 6 nitrogen and oxygen atoms in total. The molecule has 0 spiro atoms. The van der Waals surface area contributed by atoms with E-state index in [0.717, 1.165) is 18.7 Å². The normalized spacial score (nSPS) is 13.8. The predicted octanol–water partition coefficient (Wildman–Crippen LogP) is 3.20. The number of hydrogen-bond donors (Lipinski definition) is 1. The molecule has 1 aliphatic rings. The third-order valence-electron chi connectivity index (χ3n) is 4.69. The maximum Gasteiger partial charge on any atom is 0.251 e. The average Bonchev–Trinajstić information content (AvgIpc) is 2.77. The maximum absolute atomic E-state index is 12.6. The number of hydrogen-bond acceptors (Lipinski definition) is 6. The largest absolute Gasteiger partial charge is 0.493 e. The van der Waals surface area contributed by atoms with Crippen LogP contribution in [0.2, 0.25) is 0 Å². The number of carbonyl (C=O) groups is 1. The molecule has 0 saturated carbocycles. The van der Waals surface area contributed by atoms with E-state index in [1.807, 2.05) is 11.8 Å². The highest BCUT2D eigenvalue weighted by molar-refractivity contribution is 7.99. The van der Waals surface area contributed by atoms with Crippen molar-refractivity contribution >= 4 is 23.4 Å². The van der Waals surface area contributed by atoms with Crippen molar-refractivity contribution in [2.45, 2.75) is 6.54 Å². The standard InChI is InChI=1S/C21H26N2O4S/c1-25-18-12-16(13-19(26-2)20(18)27-3)21(24)22-14-15-4-6-17(7-5-15)23-8-10-28-11-9-23/h4-7,12-13H,8-11,14H2,1-3H3,(H,22,24).